The van der Waals surface area contributed by atoms with Crippen molar-refractivity contribution in [3.05, 3.63) is 0 Å². The van der Waals surface area contributed by atoms with E-state index < -0.39 is 27.6 Å². The van der Waals surface area contributed by atoms with E-state index in [-0.39, 0.29) is 6.04 Å². The first-order valence-electron chi connectivity index (χ1n) is 6.60. The zero-order chi connectivity index (χ0) is 14.8. The Balaban J connectivity index is 2.93. The maximum atomic E-state index is 12.2. The van der Waals surface area contributed by atoms with Crippen LogP contribution in [-0.2, 0) is 15.0 Å². The maximum absolute atomic E-state index is 12.2. The summed E-state index contributed by atoms with van der Waals surface area (Å²) in [5, 5.41) is 9.36. The van der Waals surface area contributed by atoms with E-state index in [9.17, 15) is 18.3 Å². The topological polar surface area (TPSA) is 86.7 Å². The Morgan fingerprint density at radius 3 is 2.47 bits per heavy atom. The van der Waals surface area contributed by atoms with Gasteiger partial charge in [0.2, 0.25) is 0 Å². The first kappa shape index (κ1) is 16.4. The van der Waals surface area contributed by atoms with Gasteiger partial charge in [-0.05, 0) is 33.6 Å². The summed E-state index contributed by atoms with van der Waals surface area (Å²) < 4.78 is 28.1. The van der Waals surface area contributed by atoms with Gasteiger partial charge in [0, 0.05) is 19.1 Å². The molecule has 2 unspecified atom stereocenters. The Kier molecular flexibility index (Phi) is 4.97. The molecule has 1 saturated carbocycles. The van der Waals surface area contributed by atoms with Gasteiger partial charge in [-0.2, -0.15) is 17.4 Å². The number of nitrogens with zero attached hydrogens (tertiary/aromatic N) is 1. The summed E-state index contributed by atoms with van der Waals surface area (Å²) in [6.07, 6.45) is 2.73. The molecule has 1 aliphatic rings. The first-order chi connectivity index (χ1) is 8.61. The molecule has 2 atom stereocenters. The molecule has 2 N–H and O–H groups in total. The number of hydrogen-bond donors (Lipinski definition) is 2. The Morgan fingerprint density at radius 1 is 1.42 bits per heavy atom. The number of rotatable bonds is 5. The van der Waals surface area contributed by atoms with Gasteiger partial charge in [0.25, 0.3) is 10.2 Å². The van der Waals surface area contributed by atoms with Crippen LogP contribution in [0.4, 0.5) is 0 Å². The summed E-state index contributed by atoms with van der Waals surface area (Å²) in [7, 11) is -2.15. The second-order valence-corrected chi connectivity index (χ2v) is 7.52. The van der Waals surface area contributed by atoms with Crippen molar-refractivity contribution in [2.45, 2.75) is 58.5 Å². The molecule has 0 amide bonds. The van der Waals surface area contributed by atoms with Gasteiger partial charge >= 0.3 is 5.97 Å². The average Bonchev–Trinajstić information content (AvgIpc) is 2.30. The molecule has 0 aliphatic heterocycles. The van der Waals surface area contributed by atoms with Crippen LogP contribution in [0.5, 0.6) is 0 Å². The van der Waals surface area contributed by atoms with E-state index in [1.54, 1.807) is 20.8 Å². The van der Waals surface area contributed by atoms with Crippen molar-refractivity contribution >= 4 is 16.2 Å². The highest BCUT2D eigenvalue weighted by Crippen LogP contribution is 2.36. The van der Waals surface area contributed by atoms with E-state index in [1.807, 2.05) is 0 Å². The normalized spacial score (nSPS) is 28.8. The summed E-state index contributed by atoms with van der Waals surface area (Å²) >= 11 is 0. The van der Waals surface area contributed by atoms with Gasteiger partial charge in [0.05, 0.1) is 5.41 Å². The Morgan fingerprint density at radius 2 is 2.00 bits per heavy atom. The SMILES string of the molecule is CC(C)N(C)S(=O)(=O)NC1CCCCC1(C)C(=O)O. The van der Waals surface area contributed by atoms with Crippen molar-refractivity contribution in [3.8, 4) is 0 Å². The third-order valence-corrected chi connectivity index (χ3v) is 5.86. The molecule has 0 aromatic rings. The van der Waals surface area contributed by atoms with Gasteiger partial charge in [-0.15, -0.1) is 0 Å². The molecule has 0 aromatic heterocycles. The molecule has 0 bridgehead atoms. The van der Waals surface area contributed by atoms with Gasteiger partial charge in [-0.1, -0.05) is 12.8 Å². The minimum Gasteiger partial charge on any atom is -0.481 e. The van der Waals surface area contributed by atoms with Crippen LogP contribution in [0, 0.1) is 5.41 Å². The summed E-state index contributed by atoms with van der Waals surface area (Å²) in [4.78, 5) is 11.4. The van der Waals surface area contributed by atoms with Crippen LogP contribution in [0.15, 0.2) is 0 Å². The number of carbonyl (C=O) groups is 1. The fourth-order valence-electron chi connectivity index (χ4n) is 2.32. The summed E-state index contributed by atoms with van der Waals surface area (Å²) in [6, 6.07) is -0.720. The quantitative estimate of drug-likeness (QED) is 0.797. The molecule has 1 fully saturated rings. The van der Waals surface area contributed by atoms with Crippen LogP contribution >= 0.6 is 0 Å². The molecular weight excluding hydrogens is 268 g/mol. The number of nitrogens with one attached hydrogen (secondary N) is 1. The van der Waals surface area contributed by atoms with Crippen LogP contribution in [0.25, 0.3) is 0 Å². The minimum absolute atomic E-state index is 0.169. The van der Waals surface area contributed by atoms with Gasteiger partial charge in [0.1, 0.15) is 0 Å². The van der Waals surface area contributed by atoms with Crippen LogP contribution in [-0.4, -0.2) is 42.9 Å². The van der Waals surface area contributed by atoms with Crippen LogP contribution in [0.1, 0.15) is 46.5 Å². The number of carboxylic acid groups (broad SMARTS) is 1. The lowest BCUT2D eigenvalue weighted by Crippen LogP contribution is -2.55. The highest BCUT2D eigenvalue weighted by atomic mass is 32.2. The molecule has 112 valence electrons. The fraction of sp³-hybridized carbons (Fsp3) is 0.917. The number of aliphatic carboxylic acids is 1. The van der Waals surface area contributed by atoms with E-state index >= 15 is 0 Å². The average molecular weight is 292 g/mol. The monoisotopic (exact) mass is 292 g/mol. The van der Waals surface area contributed by atoms with E-state index in [1.165, 1.54) is 11.4 Å². The van der Waals surface area contributed by atoms with Gasteiger partial charge in [-0.3, -0.25) is 4.79 Å². The van der Waals surface area contributed by atoms with Crippen molar-refractivity contribution in [2.75, 3.05) is 7.05 Å². The molecule has 6 nitrogen and oxygen atoms in total. The molecule has 0 spiro atoms. The van der Waals surface area contributed by atoms with Gasteiger partial charge < -0.3 is 5.11 Å². The number of carboxylic acids is 1. The van der Waals surface area contributed by atoms with E-state index in [2.05, 4.69) is 4.72 Å². The Labute approximate surface area is 115 Å². The predicted octanol–water partition coefficient (Wildman–Crippen LogP) is 1.19. The third kappa shape index (κ3) is 3.46. The molecular formula is C12H24N2O4S. The van der Waals surface area contributed by atoms with Crippen molar-refractivity contribution < 1.29 is 18.3 Å². The number of hydrogen-bond acceptors (Lipinski definition) is 3. The lowest BCUT2D eigenvalue weighted by Gasteiger charge is -2.39. The highest BCUT2D eigenvalue weighted by Gasteiger charge is 2.45. The van der Waals surface area contributed by atoms with Crippen molar-refractivity contribution in [3.63, 3.8) is 0 Å². The highest BCUT2D eigenvalue weighted by molar-refractivity contribution is 7.87. The first-order valence-corrected chi connectivity index (χ1v) is 8.04. The zero-order valence-electron chi connectivity index (χ0n) is 12.0. The fourth-order valence-corrected chi connectivity index (χ4v) is 3.78. The summed E-state index contributed by atoms with van der Waals surface area (Å²) in [5.41, 5.74) is -1.02. The Hall–Kier alpha value is -0.660. The van der Waals surface area contributed by atoms with E-state index in [0.717, 1.165) is 12.8 Å². The molecule has 1 rings (SSSR count). The third-order valence-electron chi connectivity index (χ3n) is 4.09. The van der Waals surface area contributed by atoms with Crippen LogP contribution < -0.4 is 4.72 Å². The lowest BCUT2D eigenvalue weighted by atomic mass is 9.72. The molecule has 0 aromatic carbocycles. The lowest BCUT2D eigenvalue weighted by molar-refractivity contribution is -0.151. The molecule has 19 heavy (non-hydrogen) atoms. The van der Waals surface area contributed by atoms with Gasteiger partial charge in [0.15, 0.2) is 0 Å². The Bertz CT molecular complexity index is 435. The van der Waals surface area contributed by atoms with E-state index in [0.29, 0.717) is 12.8 Å². The van der Waals surface area contributed by atoms with Crippen LogP contribution in [0.2, 0.25) is 0 Å². The predicted molar refractivity (Wildman–Crippen MR) is 73.0 cm³/mol. The second kappa shape index (κ2) is 5.76. The van der Waals surface area contributed by atoms with Crippen molar-refractivity contribution in [1.29, 1.82) is 0 Å². The second-order valence-electron chi connectivity index (χ2n) is 5.75. The van der Waals surface area contributed by atoms with E-state index in [4.69, 9.17) is 0 Å². The standard InChI is InChI=1S/C12H24N2O4S/c1-9(2)14(4)19(17,18)13-10-7-5-6-8-12(10,3)11(15)16/h9-10,13H,5-8H2,1-4H3,(H,15,16). The summed E-state index contributed by atoms with van der Waals surface area (Å²) in [5.74, 6) is -0.938. The molecule has 1 aliphatic carbocycles. The molecule has 7 heteroatoms. The largest absolute Gasteiger partial charge is 0.481 e. The van der Waals surface area contributed by atoms with Crippen LogP contribution in [0.3, 0.4) is 0 Å². The molecule has 0 radical (unpaired) electrons. The zero-order valence-corrected chi connectivity index (χ0v) is 12.8. The van der Waals surface area contributed by atoms with Crippen molar-refractivity contribution in [1.82, 2.24) is 9.03 Å². The molecule has 0 heterocycles. The minimum atomic E-state index is -3.64. The van der Waals surface area contributed by atoms with Crippen molar-refractivity contribution in [2.24, 2.45) is 5.41 Å². The maximum Gasteiger partial charge on any atom is 0.310 e. The van der Waals surface area contributed by atoms with Gasteiger partial charge in [-0.25, -0.2) is 0 Å². The molecule has 0 saturated heterocycles. The smallest absolute Gasteiger partial charge is 0.310 e. The summed E-state index contributed by atoms with van der Waals surface area (Å²) in [6.45, 7) is 5.17.